The van der Waals surface area contributed by atoms with Gasteiger partial charge in [0.1, 0.15) is 29.2 Å². The van der Waals surface area contributed by atoms with Crippen LogP contribution in [0, 0.1) is 11.6 Å². The average molecular weight is 409 g/mol. The molecule has 5 nitrogen and oxygen atoms in total. The van der Waals surface area contributed by atoms with E-state index in [0.29, 0.717) is 11.6 Å². The Bertz CT molecular complexity index is 1150. The van der Waals surface area contributed by atoms with E-state index in [1.165, 1.54) is 12.3 Å². The molecule has 1 N–H and O–H groups in total. The number of aliphatic hydroxyl groups excluding tert-OH is 1. The summed E-state index contributed by atoms with van der Waals surface area (Å²) in [4.78, 5) is 26.6. The molecule has 2 aromatic carbocycles. The van der Waals surface area contributed by atoms with Crippen LogP contribution < -0.4 is 4.90 Å². The van der Waals surface area contributed by atoms with Crippen molar-refractivity contribution in [3.8, 4) is 0 Å². The minimum atomic E-state index is -1.20. The Labute approximate surface area is 170 Å². The van der Waals surface area contributed by atoms with E-state index < -0.39 is 35.1 Å². The number of benzene rings is 2. The van der Waals surface area contributed by atoms with Gasteiger partial charge in [0.05, 0.1) is 17.5 Å². The average Bonchev–Trinajstić information content (AvgIpc) is 3.35. The van der Waals surface area contributed by atoms with Gasteiger partial charge in [0.25, 0.3) is 11.7 Å². The second kappa shape index (κ2) is 7.59. The maximum atomic E-state index is 14.5. The quantitative estimate of drug-likeness (QED) is 0.384. The summed E-state index contributed by atoms with van der Waals surface area (Å²) in [6.45, 7) is 1.98. The summed E-state index contributed by atoms with van der Waals surface area (Å²) >= 11 is 0. The number of anilines is 1. The first-order valence-corrected chi connectivity index (χ1v) is 9.31. The van der Waals surface area contributed by atoms with Gasteiger partial charge in [-0.3, -0.25) is 14.5 Å². The van der Waals surface area contributed by atoms with Crippen LogP contribution in [-0.2, 0) is 16.0 Å². The first kappa shape index (κ1) is 19.6. The molecule has 0 aliphatic carbocycles. The third kappa shape index (κ3) is 3.18. The highest BCUT2D eigenvalue weighted by atomic mass is 19.1. The fourth-order valence-corrected chi connectivity index (χ4v) is 3.53. The highest BCUT2D eigenvalue weighted by Crippen LogP contribution is 2.43. The number of Topliss-reactive ketones (excluding diaryl/α,β-unsaturated/α-hetero) is 1. The number of hydrogen-bond acceptors (Lipinski definition) is 4. The van der Waals surface area contributed by atoms with E-state index in [1.807, 2.05) is 6.92 Å². The summed E-state index contributed by atoms with van der Waals surface area (Å²) < 4.78 is 33.3. The van der Waals surface area contributed by atoms with E-state index in [4.69, 9.17) is 4.42 Å². The van der Waals surface area contributed by atoms with Gasteiger partial charge in [-0.2, -0.15) is 0 Å². The number of amides is 1. The molecule has 1 aliphatic heterocycles. The third-order valence-electron chi connectivity index (χ3n) is 5.06. The molecule has 1 saturated heterocycles. The van der Waals surface area contributed by atoms with E-state index in [-0.39, 0.29) is 17.0 Å². The van der Waals surface area contributed by atoms with Crippen molar-refractivity contribution < 1.29 is 27.9 Å². The first-order chi connectivity index (χ1) is 14.4. The van der Waals surface area contributed by atoms with Crippen molar-refractivity contribution in [2.75, 3.05) is 4.90 Å². The van der Waals surface area contributed by atoms with Crippen LogP contribution >= 0.6 is 0 Å². The Morgan fingerprint density at radius 1 is 1.10 bits per heavy atom. The van der Waals surface area contributed by atoms with E-state index >= 15 is 0 Å². The number of carbonyl (C=O) groups is 2. The van der Waals surface area contributed by atoms with Crippen molar-refractivity contribution in [3.05, 3.63) is 95.0 Å². The zero-order valence-electron chi connectivity index (χ0n) is 15.9. The van der Waals surface area contributed by atoms with E-state index in [2.05, 4.69) is 0 Å². The summed E-state index contributed by atoms with van der Waals surface area (Å²) in [5, 5.41) is 10.9. The minimum absolute atomic E-state index is 0.157. The molecule has 1 atom stereocenters. The Morgan fingerprint density at radius 3 is 2.43 bits per heavy atom. The molecule has 1 unspecified atom stereocenters. The molecule has 152 valence electrons. The molecule has 1 fully saturated rings. The molecule has 1 aliphatic rings. The van der Waals surface area contributed by atoms with Crippen LogP contribution in [0.15, 0.2) is 70.9 Å². The molecule has 0 bridgehead atoms. The van der Waals surface area contributed by atoms with Gasteiger partial charge in [-0.25, -0.2) is 8.78 Å². The zero-order valence-corrected chi connectivity index (χ0v) is 15.9. The number of hydrogen-bond donors (Lipinski definition) is 1. The number of aryl methyl sites for hydroxylation is 1. The summed E-state index contributed by atoms with van der Waals surface area (Å²) in [6.07, 6.45) is 2.13. The molecule has 1 amide bonds. The van der Waals surface area contributed by atoms with Gasteiger partial charge >= 0.3 is 0 Å². The topological polar surface area (TPSA) is 70.8 Å². The lowest BCUT2D eigenvalue weighted by molar-refractivity contribution is -0.132. The third-order valence-corrected chi connectivity index (χ3v) is 5.06. The highest BCUT2D eigenvalue weighted by Gasteiger charge is 2.49. The summed E-state index contributed by atoms with van der Waals surface area (Å²) in [5.74, 6) is -4.11. The van der Waals surface area contributed by atoms with Crippen molar-refractivity contribution in [3.63, 3.8) is 0 Å². The van der Waals surface area contributed by atoms with Crippen molar-refractivity contribution >= 4 is 23.1 Å². The molecule has 1 aromatic heterocycles. The second-order valence-electron chi connectivity index (χ2n) is 6.83. The van der Waals surface area contributed by atoms with E-state index in [0.717, 1.165) is 29.0 Å². The predicted octanol–water partition coefficient (Wildman–Crippen LogP) is 4.75. The molecule has 30 heavy (non-hydrogen) atoms. The normalized spacial score (nSPS) is 18.2. The Kier molecular flexibility index (Phi) is 4.95. The summed E-state index contributed by atoms with van der Waals surface area (Å²) in [7, 11) is 0. The summed E-state index contributed by atoms with van der Waals surface area (Å²) in [5.41, 5.74) is 0.840. The van der Waals surface area contributed by atoms with Gasteiger partial charge in [0, 0.05) is 11.6 Å². The maximum Gasteiger partial charge on any atom is 0.300 e. The van der Waals surface area contributed by atoms with Crippen molar-refractivity contribution in [1.29, 1.82) is 0 Å². The molecule has 0 radical (unpaired) electrons. The lowest BCUT2D eigenvalue weighted by Crippen LogP contribution is -2.30. The smallest absolute Gasteiger partial charge is 0.300 e. The number of ketones is 1. The standard InChI is InChI=1S/C23H17F2NO4/c1-2-13-5-7-14(8-6-13)21(27)19-20(18-4-3-11-30-18)26(23(29)22(19)28)17-10-9-15(24)12-16(17)25/h3-12,20,27H,2H2,1H3/b21-19-. The van der Waals surface area contributed by atoms with Crippen molar-refractivity contribution in [1.82, 2.24) is 0 Å². The Morgan fingerprint density at radius 2 is 1.83 bits per heavy atom. The molecular weight excluding hydrogens is 392 g/mol. The number of furan rings is 1. The maximum absolute atomic E-state index is 14.5. The van der Waals surface area contributed by atoms with Crippen molar-refractivity contribution in [2.24, 2.45) is 0 Å². The lowest BCUT2D eigenvalue weighted by atomic mass is 9.98. The number of halogens is 2. The number of rotatable bonds is 4. The molecular formula is C23H17F2NO4. The van der Waals surface area contributed by atoms with E-state index in [9.17, 15) is 23.5 Å². The largest absolute Gasteiger partial charge is 0.507 e. The van der Waals surface area contributed by atoms with Crippen LogP contribution in [0.1, 0.15) is 29.9 Å². The minimum Gasteiger partial charge on any atom is -0.507 e. The van der Waals surface area contributed by atoms with Crippen LogP contribution in [0.4, 0.5) is 14.5 Å². The van der Waals surface area contributed by atoms with Crippen LogP contribution in [0.2, 0.25) is 0 Å². The Hall–Kier alpha value is -3.74. The number of carbonyl (C=O) groups excluding carboxylic acids is 2. The number of aliphatic hydroxyl groups is 1. The van der Waals surface area contributed by atoms with Crippen LogP contribution in [0.25, 0.3) is 5.76 Å². The molecule has 2 heterocycles. The molecule has 0 spiro atoms. The Balaban J connectivity index is 1.91. The second-order valence-corrected chi connectivity index (χ2v) is 6.83. The van der Waals surface area contributed by atoms with Gasteiger partial charge in [-0.1, -0.05) is 31.2 Å². The van der Waals surface area contributed by atoms with Gasteiger partial charge < -0.3 is 9.52 Å². The summed E-state index contributed by atoms with van der Waals surface area (Å²) in [6, 6.07) is 11.4. The SMILES string of the molecule is CCc1ccc(/C(O)=C2/C(=O)C(=O)N(c3ccc(F)cc3F)C2c2ccco2)cc1. The van der Waals surface area contributed by atoms with E-state index in [1.54, 1.807) is 30.3 Å². The lowest BCUT2D eigenvalue weighted by Gasteiger charge is -2.23. The zero-order chi connectivity index (χ0) is 21.4. The van der Waals surface area contributed by atoms with Crippen LogP contribution in [-0.4, -0.2) is 16.8 Å². The predicted molar refractivity (Wildman–Crippen MR) is 106 cm³/mol. The van der Waals surface area contributed by atoms with Gasteiger partial charge in [0.2, 0.25) is 0 Å². The van der Waals surface area contributed by atoms with Crippen LogP contribution in [0.5, 0.6) is 0 Å². The molecule has 3 aromatic rings. The molecule has 7 heteroatoms. The fraction of sp³-hybridized carbons (Fsp3) is 0.130. The van der Waals surface area contributed by atoms with Gasteiger partial charge in [0.15, 0.2) is 0 Å². The van der Waals surface area contributed by atoms with Crippen molar-refractivity contribution in [2.45, 2.75) is 19.4 Å². The first-order valence-electron chi connectivity index (χ1n) is 9.31. The monoisotopic (exact) mass is 409 g/mol. The van der Waals surface area contributed by atoms with Gasteiger partial charge in [-0.05, 0) is 36.2 Å². The highest BCUT2D eigenvalue weighted by molar-refractivity contribution is 6.51. The molecule has 0 saturated carbocycles. The van der Waals surface area contributed by atoms with Gasteiger partial charge in [-0.15, -0.1) is 0 Å². The fourth-order valence-electron chi connectivity index (χ4n) is 3.53. The van der Waals surface area contributed by atoms with Crippen LogP contribution in [0.3, 0.4) is 0 Å². The number of nitrogens with zero attached hydrogens (tertiary/aromatic N) is 1. The molecule has 4 rings (SSSR count).